The first-order valence-corrected chi connectivity index (χ1v) is 7.38. The zero-order valence-electron chi connectivity index (χ0n) is 13.8. The van der Waals surface area contributed by atoms with Crippen LogP contribution in [0, 0.1) is 10.1 Å². The Labute approximate surface area is 136 Å². The van der Waals surface area contributed by atoms with Crippen LogP contribution in [0.1, 0.15) is 26.3 Å². The molecule has 1 N–H and O–H groups in total. The molecule has 0 bridgehead atoms. The Hall–Kier alpha value is -2.38. The van der Waals surface area contributed by atoms with Crippen molar-refractivity contribution in [3.8, 4) is 0 Å². The first-order valence-electron chi connectivity index (χ1n) is 7.38. The number of benzene rings is 1. The quantitative estimate of drug-likeness (QED) is 0.488. The maximum Gasteiger partial charge on any atom is 0.408 e. The Bertz CT molecular complexity index is 581. The molecule has 0 aliphatic carbocycles. The first-order chi connectivity index (χ1) is 10.6. The molecular formula is C15H21BN2O5. The van der Waals surface area contributed by atoms with Gasteiger partial charge in [-0.1, -0.05) is 12.1 Å². The number of rotatable bonds is 6. The highest BCUT2D eigenvalue weighted by atomic mass is 16.6. The van der Waals surface area contributed by atoms with E-state index in [2.05, 4.69) is 5.32 Å². The monoisotopic (exact) mass is 320 g/mol. The molecule has 0 aliphatic rings. The van der Waals surface area contributed by atoms with Gasteiger partial charge in [-0.2, -0.15) is 0 Å². The van der Waals surface area contributed by atoms with E-state index in [4.69, 9.17) is 4.74 Å². The predicted octanol–water partition coefficient (Wildman–Crippen LogP) is 1.65. The zero-order chi connectivity index (χ0) is 17.6. The summed E-state index contributed by atoms with van der Waals surface area (Å²) in [6, 6.07) is 5.17. The van der Waals surface area contributed by atoms with Gasteiger partial charge in [0.25, 0.3) is 5.69 Å². The Kier molecular flexibility index (Phi) is 6.30. The molecule has 1 atom stereocenters. The van der Waals surface area contributed by atoms with Crippen LogP contribution in [0.2, 0.25) is 6.32 Å². The average Bonchev–Trinajstić information content (AvgIpc) is 2.44. The van der Waals surface area contributed by atoms with E-state index in [-0.39, 0.29) is 24.2 Å². The van der Waals surface area contributed by atoms with Gasteiger partial charge in [-0.15, -0.1) is 0 Å². The molecule has 8 heteroatoms. The van der Waals surface area contributed by atoms with Gasteiger partial charge in [-0.05, 0) is 39.1 Å². The molecule has 0 aliphatic heterocycles. The number of carbonyl (C=O) groups is 2. The highest BCUT2D eigenvalue weighted by molar-refractivity contribution is 6.21. The molecule has 0 aromatic heterocycles. The number of hydrogen-bond donors (Lipinski definition) is 1. The SMILES string of the molecule is BCC(=O)[C@H](Cc1ccc([N+](=O)[O-])cc1)NC(=O)OC(C)(C)C. The van der Waals surface area contributed by atoms with E-state index in [1.165, 1.54) is 12.1 Å². The second kappa shape index (κ2) is 7.76. The lowest BCUT2D eigenvalue weighted by Gasteiger charge is -2.23. The van der Waals surface area contributed by atoms with Crippen molar-refractivity contribution in [1.82, 2.24) is 5.32 Å². The minimum atomic E-state index is -0.726. The van der Waals surface area contributed by atoms with Crippen molar-refractivity contribution in [1.29, 1.82) is 0 Å². The van der Waals surface area contributed by atoms with Crippen molar-refractivity contribution in [2.45, 2.75) is 45.2 Å². The average molecular weight is 320 g/mol. The lowest BCUT2D eigenvalue weighted by atomic mass is 9.92. The normalized spacial score (nSPS) is 12.3. The summed E-state index contributed by atoms with van der Waals surface area (Å²) in [4.78, 5) is 34.0. The van der Waals surface area contributed by atoms with E-state index >= 15 is 0 Å². The summed E-state index contributed by atoms with van der Waals surface area (Å²) >= 11 is 0. The van der Waals surface area contributed by atoms with Gasteiger partial charge >= 0.3 is 6.09 Å². The van der Waals surface area contributed by atoms with Crippen LogP contribution in [0.3, 0.4) is 0 Å². The van der Waals surface area contributed by atoms with E-state index in [0.29, 0.717) is 0 Å². The molecular weight excluding hydrogens is 299 g/mol. The zero-order valence-corrected chi connectivity index (χ0v) is 13.8. The summed E-state index contributed by atoms with van der Waals surface area (Å²) in [7, 11) is 1.71. The van der Waals surface area contributed by atoms with Crippen molar-refractivity contribution in [3.05, 3.63) is 39.9 Å². The third-order valence-electron chi connectivity index (χ3n) is 3.02. The minimum Gasteiger partial charge on any atom is -0.444 e. The summed E-state index contributed by atoms with van der Waals surface area (Å²) in [5, 5.41) is 13.2. The summed E-state index contributed by atoms with van der Waals surface area (Å²) < 4.78 is 5.16. The molecule has 23 heavy (non-hydrogen) atoms. The molecule has 0 radical (unpaired) electrons. The van der Waals surface area contributed by atoms with Gasteiger partial charge in [0.2, 0.25) is 0 Å². The standard InChI is InChI=1S/C15H21BN2O5/c1-15(2,3)23-14(20)17-12(13(19)9-16)8-10-4-6-11(7-5-10)18(21)22/h4-7,12H,8-9,16H2,1-3H3,(H,17,20)/t12-/m0/s1. The lowest BCUT2D eigenvalue weighted by molar-refractivity contribution is -0.384. The Morgan fingerprint density at radius 2 is 1.87 bits per heavy atom. The molecule has 1 aromatic rings. The van der Waals surface area contributed by atoms with Gasteiger partial charge in [0.15, 0.2) is 0 Å². The fraction of sp³-hybridized carbons (Fsp3) is 0.467. The molecule has 7 nitrogen and oxygen atoms in total. The number of ether oxygens (including phenoxy) is 1. The number of Topliss-reactive ketones (excluding diaryl/α,β-unsaturated/α-hetero) is 1. The molecule has 0 saturated carbocycles. The predicted molar refractivity (Wildman–Crippen MR) is 88.3 cm³/mol. The number of nitrogens with one attached hydrogen (secondary N) is 1. The van der Waals surface area contributed by atoms with Crippen LogP contribution in [0.5, 0.6) is 0 Å². The molecule has 0 unspecified atom stereocenters. The smallest absolute Gasteiger partial charge is 0.408 e. The maximum absolute atomic E-state index is 12.0. The topological polar surface area (TPSA) is 98.5 Å². The van der Waals surface area contributed by atoms with Crippen molar-refractivity contribution < 1.29 is 19.2 Å². The van der Waals surface area contributed by atoms with Crippen molar-refractivity contribution in [3.63, 3.8) is 0 Å². The fourth-order valence-electron chi connectivity index (χ4n) is 1.93. The third-order valence-corrected chi connectivity index (χ3v) is 3.02. The lowest BCUT2D eigenvalue weighted by Crippen LogP contribution is -2.44. The number of amides is 1. The summed E-state index contributed by atoms with van der Waals surface area (Å²) in [5.41, 5.74) is 0.0442. The molecule has 1 rings (SSSR count). The molecule has 1 aromatic carbocycles. The van der Waals surface area contributed by atoms with Crippen molar-refractivity contribution >= 4 is 25.4 Å². The summed E-state index contributed by atoms with van der Waals surface area (Å²) in [5.74, 6) is -0.130. The van der Waals surface area contributed by atoms with Gasteiger partial charge in [0, 0.05) is 12.1 Å². The molecule has 124 valence electrons. The minimum absolute atomic E-state index is 0.0211. The van der Waals surface area contributed by atoms with E-state index in [1.807, 2.05) is 0 Å². The van der Waals surface area contributed by atoms with Gasteiger partial charge < -0.3 is 10.1 Å². The number of alkyl carbamates (subject to hydrolysis) is 1. The van der Waals surface area contributed by atoms with Gasteiger partial charge in [-0.3, -0.25) is 14.9 Å². The van der Waals surface area contributed by atoms with Gasteiger partial charge in [-0.25, -0.2) is 4.79 Å². The number of ketones is 1. The fourth-order valence-corrected chi connectivity index (χ4v) is 1.93. The van der Waals surface area contributed by atoms with Crippen molar-refractivity contribution in [2.75, 3.05) is 0 Å². The van der Waals surface area contributed by atoms with E-state index < -0.39 is 22.7 Å². The Balaban J connectivity index is 2.80. The Morgan fingerprint density at radius 1 is 1.30 bits per heavy atom. The highest BCUT2D eigenvalue weighted by Gasteiger charge is 2.23. The number of carbonyl (C=O) groups excluding carboxylic acids is 2. The summed E-state index contributed by atoms with van der Waals surface area (Å²) in [6.45, 7) is 5.21. The van der Waals surface area contributed by atoms with Crippen LogP contribution in [0.25, 0.3) is 0 Å². The Morgan fingerprint density at radius 3 is 2.30 bits per heavy atom. The van der Waals surface area contributed by atoms with Crippen LogP contribution in [-0.4, -0.2) is 36.3 Å². The largest absolute Gasteiger partial charge is 0.444 e. The molecule has 0 spiro atoms. The molecule has 0 heterocycles. The van der Waals surface area contributed by atoms with Crippen LogP contribution in [0.4, 0.5) is 10.5 Å². The molecule has 1 amide bonds. The van der Waals surface area contributed by atoms with Crippen molar-refractivity contribution in [2.24, 2.45) is 0 Å². The van der Waals surface area contributed by atoms with Crippen LogP contribution < -0.4 is 5.32 Å². The van der Waals surface area contributed by atoms with E-state index in [0.717, 1.165) is 5.56 Å². The summed E-state index contributed by atoms with van der Waals surface area (Å²) in [6.07, 6.45) is -0.136. The third kappa shape index (κ3) is 6.50. The second-order valence-corrected chi connectivity index (χ2v) is 6.15. The maximum atomic E-state index is 12.0. The highest BCUT2D eigenvalue weighted by Crippen LogP contribution is 2.14. The van der Waals surface area contributed by atoms with Crippen LogP contribution in [0.15, 0.2) is 24.3 Å². The number of hydrogen-bond acceptors (Lipinski definition) is 5. The van der Waals surface area contributed by atoms with Crippen LogP contribution in [-0.2, 0) is 16.0 Å². The van der Waals surface area contributed by atoms with Gasteiger partial charge in [0.1, 0.15) is 19.2 Å². The van der Waals surface area contributed by atoms with E-state index in [9.17, 15) is 19.7 Å². The first kappa shape index (κ1) is 18.7. The number of nitro benzene ring substituents is 1. The number of non-ortho nitro benzene ring substituents is 1. The van der Waals surface area contributed by atoms with E-state index in [1.54, 1.807) is 40.8 Å². The molecule has 0 fully saturated rings. The van der Waals surface area contributed by atoms with Crippen LogP contribution >= 0.6 is 0 Å². The number of nitro groups is 1. The van der Waals surface area contributed by atoms with Gasteiger partial charge in [0.05, 0.1) is 11.0 Å². The second-order valence-electron chi connectivity index (χ2n) is 6.15. The molecule has 0 saturated heterocycles. The number of nitrogens with zero attached hydrogens (tertiary/aromatic N) is 1.